The van der Waals surface area contributed by atoms with Crippen molar-refractivity contribution in [3.63, 3.8) is 0 Å². The third-order valence-electron chi connectivity index (χ3n) is 3.23. The number of nitro groups is 1. The highest BCUT2D eigenvalue weighted by Gasteiger charge is 2.21. The molecule has 0 bridgehead atoms. The number of hydrogen-bond acceptors (Lipinski definition) is 6. The van der Waals surface area contributed by atoms with Gasteiger partial charge in [-0.2, -0.15) is 0 Å². The molecule has 0 saturated heterocycles. The van der Waals surface area contributed by atoms with Crippen molar-refractivity contribution < 1.29 is 19.2 Å². The molecule has 1 atom stereocenters. The Morgan fingerprint density at radius 1 is 1.24 bits per heavy atom. The van der Waals surface area contributed by atoms with Gasteiger partial charge < -0.3 is 15.8 Å². The molecule has 0 radical (unpaired) electrons. The highest BCUT2D eigenvalue weighted by Crippen LogP contribution is 2.23. The number of amides is 1. The summed E-state index contributed by atoms with van der Waals surface area (Å²) in [6.45, 7) is 1.38. The van der Waals surface area contributed by atoms with Crippen molar-refractivity contribution >= 4 is 40.5 Å². The summed E-state index contributed by atoms with van der Waals surface area (Å²) in [4.78, 5) is 34.3. The molecule has 0 heterocycles. The van der Waals surface area contributed by atoms with Crippen LogP contribution in [0.25, 0.3) is 0 Å². The molecule has 130 valence electrons. The minimum absolute atomic E-state index is 0.0740. The number of nitrogens with zero attached hydrogens (tertiary/aromatic N) is 1. The fourth-order valence-corrected chi connectivity index (χ4v) is 2.01. The van der Waals surface area contributed by atoms with Crippen molar-refractivity contribution in [1.82, 2.24) is 0 Å². The van der Waals surface area contributed by atoms with E-state index in [1.165, 1.54) is 19.1 Å². The molecule has 1 amide bonds. The number of hydrogen-bond donors (Lipinski definition) is 2. The van der Waals surface area contributed by atoms with Crippen molar-refractivity contribution in [3.8, 4) is 0 Å². The first-order chi connectivity index (χ1) is 11.8. The van der Waals surface area contributed by atoms with Gasteiger partial charge in [0.05, 0.1) is 10.5 Å². The summed E-state index contributed by atoms with van der Waals surface area (Å²) in [5, 5.41) is 13.9. The number of benzene rings is 2. The first kappa shape index (κ1) is 18.2. The van der Waals surface area contributed by atoms with E-state index in [4.69, 9.17) is 22.1 Å². The maximum atomic E-state index is 12.1. The molecule has 2 aromatic rings. The van der Waals surface area contributed by atoms with Crippen LogP contribution >= 0.6 is 11.6 Å². The molecule has 8 nitrogen and oxygen atoms in total. The Hall–Kier alpha value is -3.13. The van der Waals surface area contributed by atoms with Crippen molar-refractivity contribution in [2.24, 2.45) is 0 Å². The van der Waals surface area contributed by atoms with E-state index in [1.54, 1.807) is 24.3 Å². The highest BCUT2D eigenvalue weighted by molar-refractivity contribution is 6.30. The number of nitrogens with one attached hydrogen (secondary N) is 1. The number of anilines is 2. The molecule has 0 fully saturated rings. The Balaban J connectivity index is 2.04. The summed E-state index contributed by atoms with van der Waals surface area (Å²) in [5.41, 5.74) is 5.40. The molecule has 9 heteroatoms. The molecule has 0 aliphatic rings. The minimum Gasteiger partial charge on any atom is -0.449 e. The van der Waals surface area contributed by atoms with Gasteiger partial charge in [0.25, 0.3) is 11.6 Å². The third kappa shape index (κ3) is 4.67. The van der Waals surface area contributed by atoms with E-state index in [1.807, 2.05) is 0 Å². The second kappa shape index (κ2) is 7.63. The smallest absolute Gasteiger partial charge is 0.339 e. The van der Waals surface area contributed by atoms with Crippen LogP contribution in [-0.4, -0.2) is 22.9 Å². The molecule has 0 aromatic heterocycles. The molecule has 0 aliphatic heterocycles. The predicted molar refractivity (Wildman–Crippen MR) is 92.5 cm³/mol. The van der Waals surface area contributed by atoms with Crippen molar-refractivity contribution in [2.45, 2.75) is 13.0 Å². The lowest BCUT2D eigenvalue weighted by Crippen LogP contribution is -2.30. The summed E-state index contributed by atoms with van der Waals surface area (Å²) >= 11 is 5.75. The number of halogens is 1. The van der Waals surface area contributed by atoms with E-state index in [0.29, 0.717) is 10.7 Å². The zero-order chi connectivity index (χ0) is 18.6. The quantitative estimate of drug-likeness (QED) is 0.364. The van der Waals surface area contributed by atoms with Crippen LogP contribution in [-0.2, 0) is 9.53 Å². The van der Waals surface area contributed by atoms with Gasteiger partial charge in [-0.05, 0) is 43.3 Å². The predicted octanol–water partition coefficient (Wildman–Crippen LogP) is 3.01. The first-order valence-electron chi connectivity index (χ1n) is 7.09. The lowest BCUT2D eigenvalue weighted by Gasteiger charge is -2.13. The zero-order valence-electron chi connectivity index (χ0n) is 13.1. The number of esters is 1. The van der Waals surface area contributed by atoms with Gasteiger partial charge >= 0.3 is 5.97 Å². The monoisotopic (exact) mass is 363 g/mol. The fraction of sp³-hybridized carbons (Fsp3) is 0.125. The normalized spacial score (nSPS) is 11.4. The largest absolute Gasteiger partial charge is 0.449 e. The molecule has 0 unspecified atom stereocenters. The maximum absolute atomic E-state index is 12.1. The summed E-state index contributed by atoms with van der Waals surface area (Å²) in [7, 11) is 0. The second-order valence-corrected chi connectivity index (χ2v) is 5.51. The number of rotatable bonds is 5. The molecule has 3 N–H and O–H groups in total. The Labute approximate surface area is 147 Å². The molecule has 2 aromatic carbocycles. The van der Waals surface area contributed by atoms with E-state index in [-0.39, 0.29) is 11.3 Å². The Morgan fingerprint density at radius 2 is 1.88 bits per heavy atom. The van der Waals surface area contributed by atoms with Crippen LogP contribution < -0.4 is 11.1 Å². The number of nitro benzene ring substituents is 1. The van der Waals surface area contributed by atoms with E-state index in [9.17, 15) is 19.7 Å². The number of ether oxygens (including phenoxy) is 1. The van der Waals surface area contributed by atoms with Crippen LogP contribution in [0.1, 0.15) is 17.3 Å². The van der Waals surface area contributed by atoms with Gasteiger partial charge in [0.2, 0.25) is 0 Å². The van der Waals surface area contributed by atoms with Crippen LogP contribution in [0.2, 0.25) is 5.02 Å². The summed E-state index contributed by atoms with van der Waals surface area (Å²) in [6, 6.07) is 9.90. The standard InChI is InChI=1S/C16H14ClN3O5/c1-9(15(21)19-12-5-3-11(17)4-6-12)25-16(22)10-2-7-13(18)14(8-10)20(23)24/h2-9H,18H2,1H3,(H,19,21)/t9-/m0/s1. The van der Waals surface area contributed by atoms with Gasteiger partial charge in [-0.1, -0.05) is 11.6 Å². The topological polar surface area (TPSA) is 125 Å². The Morgan fingerprint density at radius 3 is 2.48 bits per heavy atom. The summed E-state index contributed by atoms with van der Waals surface area (Å²) < 4.78 is 5.03. The third-order valence-corrected chi connectivity index (χ3v) is 3.48. The second-order valence-electron chi connectivity index (χ2n) is 5.07. The summed E-state index contributed by atoms with van der Waals surface area (Å²) in [5.74, 6) is -1.43. The summed E-state index contributed by atoms with van der Waals surface area (Å²) in [6.07, 6.45) is -1.11. The van der Waals surface area contributed by atoms with E-state index < -0.39 is 28.6 Å². The van der Waals surface area contributed by atoms with Crippen molar-refractivity contribution in [3.05, 3.63) is 63.2 Å². The Bertz CT molecular complexity index is 823. The molecule has 25 heavy (non-hydrogen) atoms. The van der Waals surface area contributed by atoms with E-state index in [0.717, 1.165) is 6.07 Å². The van der Waals surface area contributed by atoms with Crippen molar-refractivity contribution in [1.29, 1.82) is 0 Å². The lowest BCUT2D eigenvalue weighted by atomic mass is 10.2. The average molecular weight is 364 g/mol. The lowest BCUT2D eigenvalue weighted by molar-refractivity contribution is -0.383. The van der Waals surface area contributed by atoms with Crippen LogP contribution in [0.4, 0.5) is 17.1 Å². The van der Waals surface area contributed by atoms with Crippen LogP contribution in [0.3, 0.4) is 0 Å². The number of carbonyl (C=O) groups is 2. The van der Waals surface area contributed by atoms with Gasteiger partial charge in [0.1, 0.15) is 5.69 Å². The van der Waals surface area contributed by atoms with E-state index >= 15 is 0 Å². The van der Waals surface area contributed by atoms with Gasteiger partial charge in [-0.25, -0.2) is 4.79 Å². The van der Waals surface area contributed by atoms with Crippen LogP contribution in [0, 0.1) is 10.1 Å². The van der Waals surface area contributed by atoms with Crippen LogP contribution in [0.15, 0.2) is 42.5 Å². The molecule has 0 aliphatic carbocycles. The fourth-order valence-electron chi connectivity index (χ4n) is 1.89. The Kier molecular flexibility index (Phi) is 5.56. The maximum Gasteiger partial charge on any atom is 0.339 e. The molecular weight excluding hydrogens is 350 g/mol. The van der Waals surface area contributed by atoms with Gasteiger partial charge in [0, 0.05) is 16.8 Å². The molecule has 0 spiro atoms. The highest BCUT2D eigenvalue weighted by atomic mass is 35.5. The number of nitrogen functional groups attached to an aromatic ring is 1. The van der Waals surface area contributed by atoms with E-state index in [2.05, 4.69) is 5.32 Å². The SMILES string of the molecule is C[C@H](OC(=O)c1ccc(N)c([N+](=O)[O-])c1)C(=O)Nc1ccc(Cl)cc1. The number of carbonyl (C=O) groups excluding carboxylic acids is 2. The van der Waals surface area contributed by atoms with Crippen LogP contribution in [0.5, 0.6) is 0 Å². The van der Waals surface area contributed by atoms with Gasteiger partial charge in [-0.3, -0.25) is 14.9 Å². The molecule has 0 saturated carbocycles. The number of nitrogens with two attached hydrogens (primary N) is 1. The first-order valence-corrected chi connectivity index (χ1v) is 7.47. The zero-order valence-corrected chi connectivity index (χ0v) is 13.8. The minimum atomic E-state index is -1.11. The van der Waals surface area contributed by atoms with Crippen molar-refractivity contribution in [2.75, 3.05) is 11.1 Å². The average Bonchev–Trinajstić information content (AvgIpc) is 2.56. The molecule has 2 rings (SSSR count). The van der Waals surface area contributed by atoms with Gasteiger partial charge in [-0.15, -0.1) is 0 Å². The molecular formula is C16H14ClN3O5. The van der Waals surface area contributed by atoms with Gasteiger partial charge in [0.15, 0.2) is 6.10 Å².